The SMILES string of the molecule is CO[C@@]1(C)O[C@H]2C(O)[C@H]3O[C@@](C)(OC)[C@](C)(OC)O[C@@H]3C(OC(=O)c3ccccc3)[C@@H]2O[C@]1(C)OC. The van der Waals surface area contributed by atoms with Crippen LogP contribution in [-0.2, 0) is 42.6 Å². The summed E-state index contributed by atoms with van der Waals surface area (Å²) in [6.45, 7) is 6.55. The van der Waals surface area contributed by atoms with Crippen LogP contribution in [0, 0.1) is 0 Å². The van der Waals surface area contributed by atoms with Crippen molar-refractivity contribution >= 4 is 5.97 Å². The molecule has 0 aromatic heterocycles. The Balaban J connectivity index is 1.78. The fourth-order valence-corrected chi connectivity index (χ4v) is 4.98. The molecule has 2 aliphatic heterocycles. The van der Waals surface area contributed by atoms with Crippen LogP contribution in [0.15, 0.2) is 30.3 Å². The van der Waals surface area contributed by atoms with Gasteiger partial charge in [0.2, 0.25) is 23.1 Å². The van der Waals surface area contributed by atoms with Crippen LogP contribution in [-0.4, -0.2) is 99.3 Å². The van der Waals surface area contributed by atoms with Crippen LogP contribution in [0.5, 0.6) is 0 Å². The zero-order valence-electron chi connectivity index (χ0n) is 21.9. The Morgan fingerprint density at radius 2 is 1.06 bits per heavy atom. The van der Waals surface area contributed by atoms with Gasteiger partial charge in [0.05, 0.1) is 5.56 Å². The highest BCUT2D eigenvalue weighted by Crippen LogP contribution is 2.49. The topological polar surface area (TPSA) is 120 Å². The van der Waals surface area contributed by atoms with Gasteiger partial charge in [0.15, 0.2) is 6.10 Å². The van der Waals surface area contributed by atoms with Crippen molar-refractivity contribution in [3.63, 3.8) is 0 Å². The number of esters is 1. The minimum Gasteiger partial charge on any atom is -0.453 e. The standard InChI is InChI=1S/C25H36O11/c1-22(28-5)24(3,30-7)35-19-16(33-22)15(26)17-20(36-25(4,31-8)23(2,29-6)34-17)18(19)32-21(27)14-12-10-9-11-13-14/h9-13,15-20,26H,1-8H3/t15?,16-,17+,18?,19+,20-,22-,23+,24-,25+. The van der Waals surface area contributed by atoms with E-state index in [4.69, 9.17) is 42.6 Å². The third kappa shape index (κ3) is 4.07. The number of rotatable bonds is 6. The van der Waals surface area contributed by atoms with Gasteiger partial charge < -0.3 is 47.7 Å². The quantitative estimate of drug-likeness (QED) is 0.560. The van der Waals surface area contributed by atoms with Crippen LogP contribution in [0.25, 0.3) is 0 Å². The molecule has 3 fully saturated rings. The molecular formula is C25H36O11. The number of benzene rings is 1. The number of methoxy groups -OCH3 is 4. The third-order valence-corrected chi connectivity index (χ3v) is 7.87. The maximum atomic E-state index is 13.2. The monoisotopic (exact) mass is 512 g/mol. The number of aliphatic hydroxyl groups is 1. The Kier molecular flexibility index (Phi) is 7.28. The molecule has 0 spiro atoms. The van der Waals surface area contributed by atoms with E-state index in [0.29, 0.717) is 5.56 Å². The van der Waals surface area contributed by atoms with Gasteiger partial charge in [-0.05, 0) is 39.8 Å². The molecule has 4 rings (SSSR count). The van der Waals surface area contributed by atoms with Crippen molar-refractivity contribution < 1.29 is 52.5 Å². The Labute approximate surface area is 210 Å². The van der Waals surface area contributed by atoms with Crippen molar-refractivity contribution in [1.82, 2.24) is 0 Å². The molecule has 3 aliphatic rings. The summed E-state index contributed by atoms with van der Waals surface area (Å²) in [4.78, 5) is 13.2. The molecular weight excluding hydrogens is 476 g/mol. The predicted octanol–water partition coefficient (Wildman–Crippen LogP) is 1.60. The molecule has 2 saturated heterocycles. The number of fused-ring (bicyclic) bond motifs is 2. The summed E-state index contributed by atoms with van der Waals surface area (Å²) in [5.41, 5.74) is 0.331. The molecule has 202 valence electrons. The highest BCUT2D eigenvalue weighted by molar-refractivity contribution is 5.89. The second-order valence-electron chi connectivity index (χ2n) is 9.66. The number of hydrogen-bond acceptors (Lipinski definition) is 11. The minimum atomic E-state index is -1.42. The number of aliphatic hydroxyl groups excluding tert-OH is 1. The van der Waals surface area contributed by atoms with Gasteiger partial charge in [-0.3, -0.25) is 0 Å². The zero-order valence-corrected chi connectivity index (χ0v) is 21.9. The first-order valence-corrected chi connectivity index (χ1v) is 11.8. The first kappa shape index (κ1) is 27.4. The maximum Gasteiger partial charge on any atom is 0.338 e. The molecule has 1 aromatic carbocycles. The first-order chi connectivity index (χ1) is 16.9. The average molecular weight is 513 g/mol. The number of carbonyl (C=O) groups is 1. The molecule has 2 unspecified atom stereocenters. The van der Waals surface area contributed by atoms with Gasteiger partial charge in [-0.25, -0.2) is 4.79 Å². The average Bonchev–Trinajstić information content (AvgIpc) is 2.89. The third-order valence-electron chi connectivity index (χ3n) is 7.87. The van der Waals surface area contributed by atoms with E-state index in [1.165, 1.54) is 28.4 Å². The van der Waals surface area contributed by atoms with Crippen molar-refractivity contribution in [2.24, 2.45) is 0 Å². The van der Waals surface area contributed by atoms with Crippen LogP contribution in [0.4, 0.5) is 0 Å². The lowest BCUT2D eigenvalue weighted by atomic mass is 9.81. The smallest absolute Gasteiger partial charge is 0.338 e. The Hall–Kier alpha value is -1.67. The summed E-state index contributed by atoms with van der Waals surface area (Å²) in [7, 11) is 5.77. The van der Waals surface area contributed by atoms with Crippen molar-refractivity contribution in [3.05, 3.63) is 35.9 Å². The van der Waals surface area contributed by atoms with Crippen molar-refractivity contribution in [2.45, 2.75) is 87.5 Å². The van der Waals surface area contributed by atoms with Gasteiger partial charge in [0.1, 0.15) is 30.5 Å². The molecule has 0 radical (unpaired) electrons. The summed E-state index contributed by atoms with van der Waals surface area (Å²) in [5, 5.41) is 11.5. The highest BCUT2D eigenvalue weighted by Gasteiger charge is 2.69. The summed E-state index contributed by atoms with van der Waals surface area (Å²) < 4.78 is 53.8. The number of hydrogen-bond donors (Lipinski definition) is 1. The molecule has 1 aromatic rings. The minimum absolute atomic E-state index is 0.331. The van der Waals surface area contributed by atoms with Crippen molar-refractivity contribution in [3.8, 4) is 0 Å². The van der Waals surface area contributed by atoms with E-state index in [9.17, 15) is 9.90 Å². The van der Waals surface area contributed by atoms with Crippen LogP contribution < -0.4 is 0 Å². The summed E-state index contributed by atoms with van der Waals surface area (Å²) in [6.07, 6.45) is -6.48. The molecule has 1 N–H and O–H groups in total. The van der Waals surface area contributed by atoms with Crippen molar-refractivity contribution in [2.75, 3.05) is 28.4 Å². The van der Waals surface area contributed by atoms with Gasteiger partial charge in [0, 0.05) is 28.4 Å². The highest BCUT2D eigenvalue weighted by atomic mass is 16.8. The Morgan fingerprint density at radius 3 is 1.42 bits per heavy atom. The van der Waals surface area contributed by atoms with E-state index < -0.39 is 65.7 Å². The van der Waals surface area contributed by atoms with Gasteiger partial charge >= 0.3 is 5.97 Å². The molecule has 1 aliphatic carbocycles. The fourth-order valence-electron chi connectivity index (χ4n) is 4.98. The Morgan fingerprint density at radius 1 is 0.694 bits per heavy atom. The molecule has 10 atom stereocenters. The van der Waals surface area contributed by atoms with Gasteiger partial charge in [-0.2, -0.15) is 0 Å². The van der Waals surface area contributed by atoms with E-state index in [2.05, 4.69) is 0 Å². The van der Waals surface area contributed by atoms with E-state index >= 15 is 0 Å². The summed E-state index contributed by atoms with van der Waals surface area (Å²) in [6, 6.07) is 8.51. The van der Waals surface area contributed by atoms with Crippen LogP contribution in [0.2, 0.25) is 0 Å². The predicted molar refractivity (Wildman–Crippen MR) is 123 cm³/mol. The molecule has 36 heavy (non-hydrogen) atoms. The lowest BCUT2D eigenvalue weighted by Crippen LogP contribution is -2.79. The Bertz CT molecular complexity index is 897. The maximum absolute atomic E-state index is 13.2. The molecule has 0 bridgehead atoms. The first-order valence-electron chi connectivity index (χ1n) is 11.8. The largest absolute Gasteiger partial charge is 0.453 e. The van der Waals surface area contributed by atoms with Gasteiger partial charge in [0.25, 0.3) is 0 Å². The molecule has 2 heterocycles. The van der Waals surface area contributed by atoms with Crippen LogP contribution in [0.3, 0.4) is 0 Å². The molecule has 11 heteroatoms. The second kappa shape index (κ2) is 9.57. The number of ether oxygens (including phenoxy) is 9. The van der Waals surface area contributed by atoms with Crippen LogP contribution >= 0.6 is 0 Å². The van der Waals surface area contributed by atoms with E-state index in [1.807, 2.05) is 0 Å². The summed E-state index contributed by atoms with van der Waals surface area (Å²) >= 11 is 0. The van der Waals surface area contributed by atoms with E-state index in [-0.39, 0.29) is 0 Å². The number of carbonyl (C=O) groups excluding carboxylic acids is 1. The van der Waals surface area contributed by atoms with E-state index in [0.717, 1.165) is 0 Å². The lowest BCUT2D eigenvalue weighted by molar-refractivity contribution is -0.503. The second-order valence-corrected chi connectivity index (χ2v) is 9.66. The fraction of sp³-hybridized carbons (Fsp3) is 0.720. The molecule has 0 amide bonds. The van der Waals surface area contributed by atoms with Gasteiger partial charge in [-0.1, -0.05) is 18.2 Å². The van der Waals surface area contributed by atoms with E-state index in [1.54, 1.807) is 58.0 Å². The van der Waals surface area contributed by atoms with Gasteiger partial charge in [-0.15, -0.1) is 0 Å². The summed E-state index contributed by atoms with van der Waals surface area (Å²) in [5.74, 6) is -6.28. The lowest BCUT2D eigenvalue weighted by Gasteiger charge is -2.61. The molecule has 11 nitrogen and oxygen atoms in total. The van der Waals surface area contributed by atoms with Crippen molar-refractivity contribution in [1.29, 1.82) is 0 Å². The normalized spacial score (nSPS) is 46.5. The molecule has 1 saturated carbocycles. The van der Waals surface area contributed by atoms with Crippen LogP contribution in [0.1, 0.15) is 38.1 Å². The zero-order chi connectivity index (χ0) is 26.5.